The Kier molecular flexibility index (Phi) is 31.0. The van der Waals surface area contributed by atoms with Crippen molar-refractivity contribution < 1.29 is 39.2 Å². The minimum atomic E-state index is -0.611. The predicted octanol–water partition coefficient (Wildman–Crippen LogP) is -4.17. The maximum Gasteiger partial charge on any atom is 1.00 e. The van der Waals surface area contributed by atoms with Crippen LogP contribution in [0.2, 0.25) is 0 Å². The molecule has 0 saturated carbocycles. The third-order valence-corrected chi connectivity index (χ3v) is 0. The number of hydrogen-bond acceptors (Lipinski definition) is 3. The summed E-state index contributed by atoms with van der Waals surface area (Å²) < 4.78 is 9.56. The van der Waals surface area contributed by atoms with Crippen LogP contribution in [0, 0.1) is 11.5 Å². The second-order valence-corrected chi connectivity index (χ2v) is 2.32. The normalized spacial score (nSPS) is 5.38. The van der Waals surface area contributed by atoms with Gasteiger partial charge in [-0.25, -0.2) is 5.26 Å². The van der Waals surface area contributed by atoms with Crippen molar-refractivity contribution in [2.45, 2.75) is 0 Å². The third-order valence-electron chi connectivity index (χ3n) is 0. The fourth-order valence-corrected chi connectivity index (χ4v) is 0. The van der Waals surface area contributed by atoms with Gasteiger partial charge >= 0.3 is 29.6 Å². The van der Waals surface area contributed by atoms with E-state index in [4.69, 9.17) is 10.4 Å². The third kappa shape index (κ3) is 575. The molecule has 0 unspecified atom stereocenters. The van der Waals surface area contributed by atoms with Gasteiger partial charge in [-0.05, 0) is 0 Å². The summed E-state index contributed by atoms with van der Waals surface area (Å²) in [7, 11) is 0. The predicted molar refractivity (Wildman–Crippen MR) is 25.6 cm³/mol. The summed E-state index contributed by atoms with van der Waals surface area (Å²) in [5.41, 5.74) is 0. The molecule has 0 radical (unpaired) electrons. The molecule has 0 aromatic carbocycles. The average molecular weight is 143 g/mol. The zero-order chi connectivity index (χ0) is 6.28. The summed E-state index contributed by atoms with van der Waals surface area (Å²) in [5.74, 6) is 0. The first-order valence-electron chi connectivity index (χ1n) is 1.41. The smallest absolute Gasteiger partial charge is 0.812 e. The molecule has 0 N–H and O–H groups in total. The van der Waals surface area contributed by atoms with Crippen LogP contribution in [-0.4, -0.2) is 17.1 Å². The molecule has 8 heavy (non-hydrogen) atoms. The van der Waals surface area contributed by atoms with Crippen LogP contribution in [0.1, 0.15) is 0 Å². The Bertz CT molecular complexity index is 60.0. The first-order valence-corrected chi connectivity index (χ1v) is 3.38. The monoisotopic (exact) mass is 143 g/mol. The van der Waals surface area contributed by atoms with Gasteiger partial charge in [-0.2, -0.15) is 0 Å². The maximum atomic E-state index is 9.56. The Morgan fingerprint density at radius 3 is 1.50 bits per heavy atom. The van der Waals surface area contributed by atoms with Crippen LogP contribution in [0.15, 0.2) is 0 Å². The minimum absolute atomic E-state index is 0. The van der Waals surface area contributed by atoms with E-state index in [0.717, 1.165) is 0 Å². The topological polar surface area (TPSA) is 69.9 Å². The fourth-order valence-electron chi connectivity index (χ4n) is 0. The van der Waals surface area contributed by atoms with Crippen LogP contribution >= 0.6 is 0 Å². The van der Waals surface area contributed by atoms with Crippen molar-refractivity contribution in [2.75, 3.05) is 12.5 Å². The van der Waals surface area contributed by atoms with E-state index >= 15 is 0 Å². The molecule has 0 bridgehead atoms. The Hall–Kier alpha value is 0.600. The minimum Gasteiger partial charge on any atom is -0.812 e. The van der Waals surface area contributed by atoms with Crippen molar-refractivity contribution in [1.82, 2.24) is 0 Å². The van der Waals surface area contributed by atoms with E-state index < -0.39 is 11.2 Å². The van der Waals surface area contributed by atoms with Crippen LogP contribution < -0.4 is 34.7 Å². The molecule has 0 aromatic heterocycles. The van der Waals surface area contributed by atoms with Crippen molar-refractivity contribution in [1.29, 1.82) is 5.26 Å². The molecule has 0 spiro atoms. The molecular formula is C3H6NNaO2S. The van der Waals surface area contributed by atoms with Gasteiger partial charge in [0.1, 0.15) is 0 Å². The van der Waals surface area contributed by atoms with Gasteiger partial charge < -0.3 is 9.66 Å². The molecule has 0 aliphatic rings. The zero-order valence-electron chi connectivity index (χ0n) is 5.17. The van der Waals surface area contributed by atoms with E-state index in [2.05, 4.69) is 0 Å². The van der Waals surface area contributed by atoms with Gasteiger partial charge in [0.25, 0.3) is 0 Å². The van der Waals surface area contributed by atoms with E-state index in [-0.39, 0.29) is 29.6 Å². The van der Waals surface area contributed by atoms with Gasteiger partial charge in [0, 0.05) is 6.26 Å². The number of rotatable bonds is 0. The second kappa shape index (κ2) is 15.6. The van der Waals surface area contributed by atoms with Gasteiger partial charge in [-0.3, -0.25) is 0 Å². The van der Waals surface area contributed by atoms with E-state index in [1.807, 2.05) is 0 Å². The zero-order valence-corrected chi connectivity index (χ0v) is 7.99. The summed E-state index contributed by atoms with van der Waals surface area (Å²) in [6.45, 7) is 0. The van der Waals surface area contributed by atoms with Crippen LogP contribution in [-0.2, 0) is 11.2 Å². The van der Waals surface area contributed by atoms with Crippen molar-refractivity contribution in [2.24, 2.45) is 0 Å². The summed E-state index contributed by atoms with van der Waals surface area (Å²) in [5, 5.41) is 15.0. The molecule has 42 valence electrons. The second-order valence-electron chi connectivity index (χ2n) is 0.833. The molecule has 0 saturated heterocycles. The molecule has 0 aliphatic heterocycles. The molecular weight excluding hydrogens is 137 g/mol. The Labute approximate surface area is 74.2 Å². The van der Waals surface area contributed by atoms with Gasteiger partial charge in [-0.1, -0.05) is 11.2 Å². The molecule has 5 heteroatoms. The van der Waals surface area contributed by atoms with Gasteiger partial charge in [0.15, 0.2) is 0 Å². The molecule has 0 atom stereocenters. The van der Waals surface area contributed by atoms with Crippen LogP contribution in [0.4, 0.5) is 0 Å². The van der Waals surface area contributed by atoms with Crippen molar-refractivity contribution >= 4 is 11.2 Å². The number of nitrogens with zero attached hydrogens (tertiary/aromatic N) is 1. The number of nitriles is 1. The number of hydrogen-bond donors (Lipinski definition) is 0. The van der Waals surface area contributed by atoms with Crippen LogP contribution in [0.25, 0.3) is 0 Å². The van der Waals surface area contributed by atoms with Crippen molar-refractivity contribution in [3.8, 4) is 6.26 Å². The van der Waals surface area contributed by atoms with Crippen molar-refractivity contribution in [3.63, 3.8) is 0 Å². The average Bonchev–Trinajstić information content (AvgIpc) is 1.33. The first-order chi connectivity index (χ1) is 3.15. The first kappa shape index (κ1) is 15.8. The summed E-state index contributed by atoms with van der Waals surface area (Å²) >= 11 is -0.611. The van der Waals surface area contributed by atoms with E-state index in [9.17, 15) is 4.55 Å². The SMILES string of the molecule is C[S+](C)[O-].N#C[O-].[Na+]. The van der Waals surface area contributed by atoms with E-state index in [0.29, 0.717) is 6.26 Å². The quantitative estimate of drug-likeness (QED) is 0.196. The molecule has 0 rings (SSSR count). The Morgan fingerprint density at radius 1 is 1.50 bits per heavy atom. The Balaban J connectivity index is -0.0000000575. The maximum absolute atomic E-state index is 9.56. The summed E-state index contributed by atoms with van der Waals surface area (Å²) in [6, 6.07) is 0. The van der Waals surface area contributed by atoms with Crippen molar-refractivity contribution in [3.05, 3.63) is 0 Å². The standard InChI is InChI=1S/C2H6OS.CHNO.Na/c1-4(2)3;2-1-3;/h1-2H3;3H;/q;;+1/p-1. The molecule has 0 aromatic rings. The molecule has 0 fully saturated rings. The molecule has 0 aliphatic carbocycles. The van der Waals surface area contributed by atoms with Gasteiger partial charge in [0.05, 0.1) is 12.5 Å². The largest absolute Gasteiger partial charge is 1.00 e. The summed E-state index contributed by atoms with van der Waals surface area (Å²) in [4.78, 5) is 0. The van der Waals surface area contributed by atoms with Crippen LogP contribution in [0.5, 0.6) is 0 Å². The fraction of sp³-hybridized carbons (Fsp3) is 0.667. The molecule has 3 nitrogen and oxygen atoms in total. The van der Waals surface area contributed by atoms with E-state index in [1.165, 1.54) is 0 Å². The summed E-state index contributed by atoms with van der Waals surface area (Å²) in [6.07, 6.45) is 3.78. The Morgan fingerprint density at radius 2 is 1.50 bits per heavy atom. The van der Waals surface area contributed by atoms with Gasteiger partial charge in [-0.15, -0.1) is 0 Å². The van der Waals surface area contributed by atoms with Gasteiger partial charge in [0.2, 0.25) is 0 Å². The molecule has 0 amide bonds. The van der Waals surface area contributed by atoms with E-state index in [1.54, 1.807) is 12.5 Å². The molecule has 0 heterocycles. The van der Waals surface area contributed by atoms with Crippen LogP contribution in [0.3, 0.4) is 0 Å².